The van der Waals surface area contributed by atoms with Gasteiger partial charge in [0.25, 0.3) is 17.7 Å². The zero-order chi connectivity index (χ0) is 20.5. The van der Waals surface area contributed by atoms with Crippen LogP contribution in [0.5, 0.6) is 0 Å². The van der Waals surface area contributed by atoms with Crippen molar-refractivity contribution in [1.82, 2.24) is 4.90 Å². The Balaban J connectivity index is 1.57. The Hall–Kier alpha value is -3.32. The van der Waals surface area contributed by atoms with Crippen LogP contribution in [0.3, 0.4) is 0 Å². The van der Waals surface area contributed by atoms with Crippen LogP contribution in [0.1, 0.15) is 36.6 Å². The molecule has 1 N–H and O–H groups in total. The highest BCUT2D eigenvalue weighted by molar-refractivity contribution is 9.10. The SMILES string of the molecule is O=C(Nc1ccc(F)cc1Br)c1ccc2c(c1)C(=O)N(Cc1ccccc1)C2=O. The Bertz CT molecular complexity index is 1150. The first kappa shape index (κ1) is 19.0. The average molecular weight is 453 g/mol. The molecule has 0 unspecified atom stereocenters. The maximum absolute atomic E-state index is 13.2. The van der Waals surface area contributed by atoms with E-state index in [1.807, 2.05) is 30.3 Å². The molecule has 3 aromatic carbocycles. The molecule has 7 heteroatoms. The number of amides is 3. The Morgan fingerprint density at radius 1 is 0.931 bits per heavy atom. The van der Waals surface area contributed by atoms with Crippen molar-refractivity contribution in [3.8, 4) is 0 Å². The molecule has 4 rings (SSSR count). The predicted molar refractivity (Wildman–Crippen MR) is 109 cm³/mol. The predicted octanol–water partition coefficient (Wildman–Crippen LogP) is 4.64. The molecule has 1 heterocycles. The number of fused-ring (bicyclic) bond motifs is 1. The smallest absolute Gasteiger partial charge is 0.261 e. The number of carbonyl (C=O) groups excluding carboxylic acids is 3. The van der Waals surface area contributed by atoms with E-state index in [-0.39, 0.29) is 29.1 Å². The largest absolute Gasteiger partial charge is 0.321 e. The standard InChI is InChI=1S/C22H14BrFN2O3/c23-18-11-15(24)7-9-19(18)25-20(27)14-6-8-16-17(10-14)22(29)26(21(16)28)12-13-4-2-1-3-5-13/h1-11H,12H2,(H,25,27). The molecule has 0 bridgehead atoms. The Kier molecular flexibility index (Phi) is 4.98. The molecule has 0 saturated heterocycles. The summed E-state index contributed by atoms with van der Waals surface area (Å²) < 4.78 is 13.6. The molecule has 0 saturated carbocycles. The minimum atomic E-state index is -0.470. The van der Waals surface area contributed by atoms with Crippen molar-refractivity contribution >= 4 is 39.3 Å². The lowest BCUT2D eigenvalue weighted by molar-refractivity contribution is 0.0642. The van der Waals surface area contributed by atoms with Crippen LogP contribution < -0.4 is 5.32 Å². The maximum Gasteiger partial charge on any atom is 0.261 e. The molecule has 5 nitrogen and oxygen atoms in total. The number of carbonyl (C=O) groups is 3. The van der Waals surface area contributed by atoms with Crippen molar-refractivity contribution in [3.05, 3.63) is 99.3 Å². The van der Waals surface area contributed by atoms with Crippen LogP contribution in [-0.4, -0.2) is 22.6 Å². The van der Waals surface area contributed by atoms with Crippen LogP contribution in [0.25, 0.3) is 0 Å². The van der Waals surface area contributed by atoms with Gasteiger partial charge < -0.3 is 5.32 Å². The van der Waals surface area contributed by atoms with Gasteiger partial charge in [0.1, 0.15) is 5.82 Å². The molecule has 0 radical (unpaired) electrons. The van der Waals surface area contributed by atoms with E-state index in [2.05, 4.69) is 21.2 Å². The van der Waals surface area contributed by atoms with Crippen molar-refractivity contribution < 1.29 is 18.8 Å². The highest BCUT2D eigenvalue weighted by Crippen LogP contribution is 2.27. The molecule has 3 aromatic rings. The topological polar surface area (TPSA) is 66.5 Å². The maximum atomic E-state index is 13.2. The number of anilines is 1. The Morgan fingerprint density at radius 2 is 1.66 bits per heavy atom. The summed E-state index contributed by atoms with van der Waals surface area (Å²) in [4.78, 5) is 39.1. The van der Waals surface area contributed by atoms with Crippen LogP contribution in [0, 0.1) is 5.82 Å². The van der Waals surface area contributed by atoms with Gasteiger partial charge in [0.05, 0.1) is 23.4 Å². The molecule has 1 aliphatic heterocycles. The molecule has 0 spiro atoms. The zero-order valence-corrected chi connectivity index (χ0v) is 16.6. The summed E-state index contributed by atoms with van der Waals surface area (Å²) in [7, 11) is 0. The molecule has 29 heavy (non-hydrogen) atoms. The Morgan fingerprint density at radius 3 is 2.38 bits per heavy atom. The van der Waals surface area contributed by atoms with E-state index >= 15 is 0 Å². The average Bonchev–Trinajstić information content (AvgIpc) is 2.95. The number of benzene rings is 3. The van der Waals surface area contributed by atoms with Crippen molar-refractivity contribution in [2.45, 2.75) is 6.54 Å². The molecule has 0 aromatic heterocycles. The summed E-state index contributed by atoms with van der Waals surface area (Å²) in [5, 5.41) is 2.66. The van der Waals surface area contributed by atoms with Crippen LogP contribution in [0.4, 0.5) is 10.1 Å². The van der Waals surface area contributed by atoms with Crippen molar-refractivity contribution in [2.75, 3.05) is 5.32 Å². The fourth-order valence-electron chi connectivity index (χ4n) is 3.13. The van der Waals surface area contributed by atoms with Crippen molar-refractivity contribution in [1.29, 1.82) is 0 Å². The monoisotopic (exact) mass is 452 g/mol. The van der Waals surface area contributed by atoms with Crippen LogP contribution in [0.15, 0.2) is 71.2 Å². The number of nitrogens with one attached hydrogen (secondary N) is 1. The van der Waals surface area contributed by atoms with Gasteiger partial charge in [0.2, 0.25) is 0 Å². The highest BCUT2D eigenvalue weighted by Gasteiger charge is 2.36. The third-order valence-electron chi connectivity index (χ3n) is 4.60. The minimum Gasteiger partial charge on any atom is -0.321 e. The lowest BCUT2D eigenvalue weighted by atomic mass is 10.1. The minimum absolute atomic E-state index is 0.164. The first-order valence-electron chi connectivity index (χ1n) is 8.74. The number of hydrogen-bond donors (Lipinski definition) is 1. The lowest BCUT2D eigenvalue weighted by Crippen LogP contribution is -2.29. The quantitative estimate of drug-likeness (QED) is 0.586. The van der Waals surface area contributed by atoms with E-state index in [0.717, 1.165) is 10.5 Å². The summed E-state index contributed by atoms with van der Waals surface area (Å²) in [5.74, 6) is -1.73. The molecule has 144 valence electrons. The molecule has 0 fully saturated rings. The van der Waals surface area contributed by atoms with E-state index in [9.17, 15) is 18.8 Å². The molecule has 0 aliphatic carbocycles. The van der Waals surface area contributed by atoms with Gasteiger partial charge in [-0.05, 0) is 57.9 Å². The second-order valence-corrected chi connectivity index (χ2v) is 7.38. The van der Waals surface area contributed by atoms with Gasteiger partial charge in [-0.3, -0.25) is 19.3 Å². The van der Waals surface area contributed by atoms with Gasteiger partial charge in [-0.2, -0.15) is 0 Å². The van der Waals surface area contributed by atoms with Gasteiger partial charge in [-0.15, -0.1) is 0 Å². The molecular formula is C22H14BrFN2O3. The lowest BCUT2D eigenvalue weighted by Gasteiger charge is -2.13. The van der Waals surface area contributed by atoms with Gasteiger partial charge in [0.15, 0.2) is 0 Å². The summed E-state index contributed by atoms with van der Waals surface area (Å²) in [6, 6.07) is 17.5. The number of rotatable bonds is 4. The fraction of sp³-hybridized carbons (Fsp3) is 0.0455. The second-order valence-electron chi connectivity index (χ2n) is 6.52. The zero-order valence-electron chi connectivity index (χ0n) is 15.0. The normalized spacial score (nSPS) is 12.8. The van der Waals surface area contributed by atoms with E-state index in [1.165, 1.54) is 36.4 Å². The van der Waals surface area contributed by atoms with E-state index in [4.69, 9.17) is 0 Å². The number of imide groups is 1. The first-order chi connectivity index (χ1) is 13.9. The van der Waals surface area contributed by atoms with Gasteiger partial charge >= 0.3 is 0 Å². The summed E-state index contributed by atoms with van der Waals surface area (Å²) >= 11 is 3.19. The first-order valence-corrected chi connectivity index (χ1v) is 9.54. The summed E-state index contributed by atoms with van der Waals surface area (Å²) in [5.41, 5.74) is 1.91. The van der Waals surface area contributed by atoms with Crippen LogP contribution in [0.2, 0.25) is 0 Å². The fourth-order valence-corrected chi connectivity index (χ4v) is 3.58. The molecule has 3 amide bonds. The second kappa shape index (κ2) is 7.60. The van der Waals surface area contributed by atoms with Crippen molar-refractivity contribution in [2.24, 2.45) is 0 Å². The van der Waals surface area contributed by atoms with Crippen LogP contribution in [-0.2, 0) is 6.54 Å². The van der Waals surface area contributed by atoms with E-state index < -0.39 is 17.6 Å². The van der Waals surface area contributed by atoms with E-state index in [1.54, 1.807) is 0 Å². The summed E-state index contributed by atoms with van der Waals surface area (Å²) in [6.07, 6.45) is 0. The third-order valence-corrected chi connectivity index (χ3v) is 5.25. The molecular weight excluding hydrogens is 439 g/mol. The number of hydrogen-bond acceptors (Lipinski definition) is 3. The molecule has 1 aliphatic rings. The van der Waals surface area contributed by atoms with E-state index in [0.29, 0.717) is 10.2 Å². The van der Waals surface area contributed by atoms with Crippen molar-refractivity contribution in [3.63, 3.8) is 0 Å². The molecule has 0 atom stereocenters. The van der Waals surface area contributed by atoms with Crippen LogP contribution >= 0.6 is 15.9 Å². The van der Waals surface area contributed by atoms with Gasteiger partial charge in [0, 0.05) is 10.0 Å². The number of halogens is 2. The third kappa shape index (κ3) is 3.69. The van der Waals surface area contributed by atoms with Gasteiger partial charge in [-0.1, -0.05) is 30.3 Å². The van der Waals surface area contributed by atoms with Gasteiger partial charge in [-0.25, -0.2) is 4.39 Å². The number of nitrogens with zero attached hydrogens (tertiary/aromatic N) is 1. The highest BCUT2D eigenvalue weighted by atomic mass is 79.9. The summed E-state index contributed by atoms with van der Waals surface area (Å²) in [6.45, 7) is 0.164. The Labute approximate surface area is 174 Å².